The summed E-state index contributed by atoms with van der Waals surface area (Å²) >= 11 is 1.63. The van der Waals surface area contributed by atoms with Gasteiger partial charge in [0.25, 0.3) is 0 Å². The predicted octanol–water partition coefficient (Wildman–Crippen LogP) is 1.81. The first-order chi connectivity index (χ1) is 12.3. The molecule has 26 heavy (non-hydrogen) atoms. The van der Waals surface area contributed by atoms with Crippen molar-refractivity contribution in [1.29, 1.82) is 0 Å². The van der Waals surface area contributed by atoms with Gasteiger partial charge in [0.05, 0.1) is 10.8 Å². The number of hydrogen-bond acceptors (Lipinski definition) is 4. The topological polar surface area (TPSA) is 86.7 Å². The van der Waals surface area contributed by atoms with Crippen molar-refractivity contribution in [2.24, 2.45) is 5.92 Å². The molecule has 2 heterocycles. The lowest BCUT2D eigenvalue weighted by Gasteiger charge is -2.30. The van der Waals surface area contributed by atoms with Gasteiger partial charge < -0.3 is 15.3 Å². The molecule has 0 aromatic heterocycles. The number of thioether (sulfide) groups is 1. The number of carbonyl (C=O) groups is 3. The summed E-state index contributed by atoms with van der Waals surface area (Å²) in [4.78, 5) is 37.7. The molecular formula is C19H24N2O4S. The maximum absolute atomic E-state index is 12.6. The number of aryl methyl sites for hydroxylation is 1. The molecule has 0 radical (unpaired) electrons. The van der Waals surface area contributed by atoms with E-state index in [9.17, 15) is 19.5 Å². The number of rotatable bonds is 6. The number of fused-ring (bicyclic) bond motifs is 1. The zero-order valence-electron chi connectivity index (χ0n) is 15.0. The van der Waals surface area contributed by atoms with Crippen molar-refractivity contribution in [3.63, 3.8) is 0 Å². The lowest BCUT2D eigenvalue weighted by Crippen LogP contribution is -2.51. The second-order valence-corrected chi connectivity index (χ2v) is 8.74. The number of carbonyl (C=O) groups excluding carboxylic acids is 2. The Labute approximate surface area is 157 Å². The normalized spacial score (nSPS) is 25.8. The summed E-state index contributed by atoms with van der Waals surface area (Å²) < 4.78 is 0. The number of aliphatic carboxylic acids is 1. The first kappa shape index (κ1) is 18.8. The van der Waals surface area contributed by atoms with Crippen LogP contribution >= 0.6 is 11.8 Å². The highest BCUT2D eigenvalue weighted by atomic mass is 32.2. The van der Waals surface area contributed by atoms with Gasteiger partial charge in [-0.3, -0.25) is 14.4 Å². The number of nitrogens with zero attached hydrogens (tertiary/aromatic N) is 1. The van der Waals surface area contributed by atoms with E-state index in [-0.39, 0.29) is 23.2 Å². The van der Waals surface area contributed by atoms with Gasteiger partial charge in [0, 0.05) is 18.7 Å². The summed E-state index contributed by atoms with van der Waals surface area (Å²) in [6, 6.07) is 7.21. The fourth-order valence-electron chi connectivity index (χ4n) is 3.73. The van der Waals surface area contributed by atoms with Crippen LogP contribution in [0, 0.1) is 12.8 Å². The Kier molecular flexibility index (Phi) is 5.27. The SMILES string of the molecule is Cc1cccc(C[C@H](CNC(=O)[C@H]2CS[C@]3(C)CCC(=O)N23)C(=O)O)c1. The van der Waals surface area contributed by atoms with Gasteiger partial charge in [0.2, 0.25) is 11.8 Å². The van der Waals surface area contributed by atoms with Gasteiger partial charge in [-0.1, -0.05) is 29.8 Å². The molecule has 0 bridgehead atoms. The van der Waals surface area contributed by atoms with Crippen molar-refractivity contribution in [2.45, 2.75) is 44.0 Å². The van der Waals surface area contributed by atoms with E-state index in [1.54, 1.807) is 16.7 Å². The molecule has 2 fully saturated rings. The number of carboxylic acids is 1. The maximum Gasteiger partial charge on any atom is 0.308 e. The average Bonchev–Trinajstić information content (AvgIpc) is 3.07. The van der Waals surface area contributed by atoms with Crippen molar-refractivity contribution in [1.82, 2.24) is 10.2 Å². The number of hydrogen-bond donors (Lipinski definition) is 2. The molecule has 2 aliphatic heterocycles. The Hall–Kier alpha value is -2.02. The highest BCUT2D eigenvalue weighted by molar-refractivity contribution is 8.01. The van der Waals surface area contributed by atoms with E-state index in [0.29, 0.717) is 18.6 Å². The molecule has 0 spiro atoms. The van der Waals surface area contributed by atoms with Gasteiger partial charge >= 0.3 is 5.97 Å². The van der Waals surface area contributed by atoms with Crippen LogP contribution in [0.5, 0.6) is 0 Å². The quantitative estimate of drug-likeness (QED) is 0.791. The van der Waals surface area contributed by atoms with E-state index >= 15 is 0 Å². The first-order valence-electron chi connectivity index (χ1n) is 8.82. The molecule has 3 atom stereocenters. The zero-order chi connectivity index (χ0) is 18.9. The summed E-state index contributed by atoms with van der Waals surface area (Å²) in [6.45, 7) is 4.01. The van der Waals surface area contributed by atoms with Crippen LogP contribution < -0.4 is 5.32 Å². The molecule has 7 heteroatoms. The maximum atomic E-state index is 12.6. The van der Waals surface area contributed by atoms with Gasteiger partial charge in [-0.2, -0.15) is 0 Å². The van der Waals surface area contributed by atoms with Crippen LogP contribution in [0.1, 0.15) is 30.9 Å². The molecule has 2 N–H and O–H groups in total. The largest absolute Gasteiger partial charge is 0.481 e. The monoisotopic (exact) mass is 376 g/mol. The number of amides is 2. The Morgan fingerprint density at radius 2 is 2.23 bits per heavy atom. The lowest BCUT2D eigenvalue weighted by atomic mass is 9.98. The molecular weight excluding hydrogens is 352 g/mol. The first-order valence-corrected chi connectivity index (χ1v) is 9.81. The van der Waals surface area contributed by atoms with Gasteiger partial charge in [-0.25, -0.2) is 0 Å². The Bertz CT molecular complexity index is 738. The minimum atomic E-state index is -0.935. The second-order valence-electron chi connectivity index (χ2n) is 7.24. The zero-order valence-corrected chi connectivity index (χ0v) is 15.8. The lowest BCUT2D eigenvalue weighted by molar-refractivity contribution is -0.142. The molecule has 2 amide bonds. The average molecular weight is 376 g/mol. The van der Waals surface area contributed by atoms with Gasteiger partial charge in [0.15, 0.2) is 0 Å². The number of carboxylic acid groups (broad SMARTS) is 1. The third-order valence-corrected chi connectivity index (χ3v) is 6.69. The minimum absolute atomic E-state index is 0.00666. The van der Waals surface area contributed by atoms with Crippen LogP contribution in [0.3, 0.4) is 0 Å². The highest BCUT2D eigenvalue weighted by Gasteiger charge is 2.52. The van der Waals surface area contributed by atoms with Crippen molar-refractivity contribution in [3.05, 3.63) is 35.4 Å². The molecule has 0 aliphatic carbocycles. The van der Waals surface area contributed by atoms with Crippen molar-refractivity contribution >= 4 is 29.5 Å². The highest BCUT2D eigenvalue weighted by Crippen LogP contribution is 2.47. The van der Waals surface area contributed by atoms with E-state index in [2.05, 4.69) is 5.32 Å². The number of nitrogens with one attached hydrogen (secondary N) is 1. The molecule has 2 saturated heterocycles. The van der Waals surface area contributed by atoms with Crippen LogP contribution in [0.4, 0.5) is 0 Å². The molecule has 0 unspecified atom stereocenters. The summed E-state index contributed by atoms with van der Waals surface area (Å²) in [6.07, 6.45) is 1.58. The van der Waals surface area contributed by atoms with Gasteiger partial charge in [-0.15, -0.1) is 11.8 Å². The van der Waals surface area contributed by atoms with E-state index < -0.39 is 17.9 Å². The summed E-state index contributed by atoms with van der Waals surface area (Å²) in [5.41, 5.74) is 2.01. The summed E-state index contributed by atoms with van der Waals surface area (Å²) in [7, 11) is 0. The fraction of sp³-hybridized carbons (Fsp3) is 0.526. The number of benzene rings is 1. The molecule has 2 aliphatic rings. The van der Waals surface area contributed by atoms with Gasteiger partial charge in [-0.05, 0) is 32.3 Å². The molecule has 3 rings (SSSR count). The molecule has 1 aromatic carbocycles. The standard InChI is InChI=1S/C19H24N2O4S/c1-12-4-3-5-13(8-12)9-14(18(24)25)10-20-17(23)15-11-26-19(2)7-6-16(22)21(15)19/h3-5,8,14-15H,6-7,9-11H2,1-2H3,(H,20,23)(H,24,25)/t14-,15-,19-/m1/s1. The van der Waals surface area contributed by atoms with Crippen LogP contribution in [0.2, 0.25) is 0 Å². The molecule has 0 saturated carbocycles. The van der Waals surface area contributed by atoms with Crippen LogP contribution in [-0.2, 0) is 20.8 Å². The van der Waals surface area contributed by atoms with Gasteiger partial charge in [0.1, 0.15) is 6.04 Å². The Balaban J connectivity index is 1.61. The van der Waals surface area contributed by atoms with Crippen molar-refractivity contribution in [3.8, 4) is 0 Å². The Morgan fingerprint density at radius 3 is 2.92 bits per heavy atom. The second kappa shape index (κ2) is 7.31. The molecule has 6 nitrogen and oxygen atoms in total. The predicted molar refractivity (Wildman–Crippen MR) is 99.7 cm³/mol. The third-order valence-electron chi connectivity index (χ3n) is 5.18. The summed E-state index contributed by atoms with van der Waals surface area (Å²) in [5.74, 6) is -1.33. The fourth-order valence-corrected chi connectivity index (χ4v) is 5.16. The van der Waals surface area contributed by atoms with Crippen molar-refractivity contribution in [2.75, 3.05) is 12.3 Å². The van der Waals surface area contributed by atoms with Crippen LogP contribution in [0.25, 0.3) is 0 Å². The van der Waals surface area contributed by atoms with E-state index in [4.69, 9.17) is 0 Å². The third kappa shape index (κ3) is 3.72. The van der Waals surface area contributed by atoms with Crippen LogP contribution in [-0.4, -0.2) is 51.0 Å². The van der Waals surface area contributed by atoms with E-state index in [1.165, 1.54) is 0 Å². The Morgan fingerprint density at radius 1 is 1.46 bits per heavy atom. The summed E-state index contributed by atoms with van der Waals surface area (Å²) in [5, 5.41) is 12.3. The molecule has 140 valence electrons. The van der Waals surface area contributed by atoms with E-state index in [0.717, 1.165) is 17.5 Å². The van der Waals surface area contributed by atoms with Crippen LogP contribution in [0.15, 0.2) is 24.3 Å². The minimum Gasteiger partial charge on any atom is -0.481 e. The van der Waals surface area contributed by atoms with E-state index in [1.807, 2.05) is 38.1 Å². The smallest absolute Gasteiger partial charge is 0.308 e. The van der Waals surface area contributed by atoms with Crippen molar-refractivity contribution < 1.29 is 19.5 Å². The molecule has 1 aromatic rings.